The van der Waals surface area contributed by atoms with E-state index in [1.807, 2.05) is 18.4 Å². The van der Waals surface area contributed by atoms with E-state index < -0.39 is 0 Å². The van der Waals surface area contributed by atoms with Gasteiger partial charge in [-0.15, -0.1) is 0 Å². The summed E-state index contributed by atoms with van der Waals surface area (Å²) in [5.41, 5.74) is 2.38. The van der Waals surface area contributed by atoms with E-state index in [9.17, 15) is 14.9 Å². The summed E-state index contributed by atoms with van der Waals surface area (Å²) >= 11 is 0. The molecule has 3 atom stereocenters. The number of likely N-dealkylation sites (tertiary alicyclic amines) is 1. The van der Waals surface area contributed by atoms with Crippen molar-refractivity contribution >= 4 is 17.7 Å². The third kappa shape index (κ3) is 5.02. The van der Waals surface area contributed by atoms with Crippen molar-refractivity contribution in [1.82, 2.24) is 4.57 Å². The Hall–Kier alpha value is -2.37. The lowest BCUT2D eigenvalue weighted by atomic mass is 9.98. The van der Waals surface area contributed by atoms with Crippen LogP contribution in [0.15, 0.2) is 0 Å². The SMILES string of the molecule is CCOC(=O)[C@@H]1CCC[NH+](CC(=O)Nc2c(C#N)c(C)c(C)n2C[C@@H]2CCCO2)C1. The summed E-state index contributed by atoms with van der Waals surface area (Å²) in [4.78, 5) is 26.0. The van der Waals surface area contributed by atoms with Gasteiger partial charge in [-0.3, -0.25) is 9.59 Å². The Morgan fingerprint density at radius 1 is 1.33 bits per heavy atom. The highest BCUT2D eigenvalue weighted by Crippen LogP contribution is 2.28. The van der Waals surface area contributed by atoms with Crippen molar-refractivity contribution < 1.29 is 24.0 Å². The van der Waals surface area contributed by atoms with Crippen LogP contribution in [0, 0.1) is 31.1 Å². The topological polar surface area (TPSA) is 97.8 Å². The highest BCUT2D eigenvalue weighted by Gasteiger charge is 2.31. The molecule has 2 fully saturated rings. The number of carbonyl (C=O) groups is 2. The molecule has 2 aliphatic rings. The van der Waals surface area contributed by atoms with Crippen molar-refractivity contribution in [3.8, 4) is 6.07 Å². The Balaban J connectivity index is 1.69. The van der Waals surface area contributed by atoms with Crippen molar-refractivity contribution in [2.24, 2.45) is 5.92 Å². The van der Waals surface area contributed by atoms with Crippen LogP contribution in [0.5, 0.6) is 0 Å². The zero-order valence-electron chi connectivity index (χ0n) is 18.3. The Morgan fingerprint density at radius 3 is 2.80 bits per heavy atom. The molecule has 0 saturated carbocycles. The fraction of sp³-hybridized carbons (Fsp3) is 0.682. The lowest BCUT2D eigenvalue weighted by molar-refractivity contribution is -0.899. The number of nitrogens with zero attached hydrogens (tertiary/aromatic N) is 2. The van der Waals surface area contributed by atoms with Gasteiger partial charge in [-0.05, 0) is 52.0 Å². The highest BCUT2D eigenvalue weighted by atomic mass is 16.5. The Morgan fingerprint density at radius 2 is 2.13 bits per heavy atom. The summed E-state index contributed by atoms with van der Waals surface area (Å²) in [5.74, 6) is 0.103. The van der Waals surface area contributed by atoms with E-state index in [2.05, 4.69) is 11.4 Å². The number of esters is 1. The smallest absolute Gasteiger partial charge is 0.314 e. The number of anilines is 1. The molecular weight excluding hydrogens is 384 g/mol. The van der Waals surface area contributed by atoms with Crippen LogP contribution in [0.3, 0.4) is 0 Å². The molecule has 30 heavy (non-hydrogen) atoms. The van der Waals surface area contributed by atoms with Gasteiger partial charge in [0.25, 0.3) is 5.91 Å². The van der Waals surface area contributed by atoms with E-state index in [1.54, 1.807) is 6.92 Å². The number of piperidine rings is 1. The van der Waals surface area contributed by atoms with E-state index in [4.69, 9.17) is 9.47 Å². The summed E-state index contributed by atoms with van der Waals surface area (Å²) in [7, 11) is 0. The molecule has 2 aliphatic heterocycles. The molecule has 0 spiro atoms. The predicted octanol–water partition coefficient (Wildman–Crippen LogP) is 0.952. The van der Waals surface area contributed by atoms with Gasteiger partial charge in [-0.1, -0.05) is 0 Å². The van der Waals surface area contributed by atoms with E-state index in [1.165, 1.54) is 0 Å². The van der Waals surface area contributed by atoms with Crippen molar-refractivity contribution in [2.75, 3.05) is 38.2 Å². The minimum Gasteiger partial charge on any atom is -0.466 e. The molecule has 164 valence electrons. The number of nitrogens with one attached hydrogen (secondary N) is 2. The number of nitriles is 1. The summed E-state index contributed by atoms with van der Waals surface area (Å²) in [6, 6.07) is 2.25. The van der Waals surface area contributed by atoms with Crippen molar-refractivity contribution in [1.29, 1.82) is 5.26 Å². The Kier molecular flexibility index (Phi) is 7.51. The Labute approximate surface area is 178 Å². The minimum absolute atomic E-state index is 0.107. The van der Waals surface area contributed by atoms with Crippen LogP contribution in [-0.2, 0) is 25.6 Å². The second-order valence-corrected chi connectivity index (χ2v) is 8.31. The lowest BCUT2D eigenvalue weighted by Gasteiger charge is -2.28. The van der Waals surface area contributed by atoms with Gasteiger partial charge >= 0.3 is 5.97 Å². The Bertz CT molecular complexity index is 820. The van der Waals surface area contributed by atoms with Gasteiger partial charge < -0.3 is 24.3 Å². The maximum Gasteiger partial charge on any atom is 0.314 e. The van der Waals surface area contributed by atoms with E-state index in [0.717, 1.165) is 55.0 Å². The fourth-order valence-corrected chi connectivity index (χ4v) is 4.53. The van der Waals surface area contributed by atoms with Gasteiger partial charge in [0.1, 0.15) is 17.8 Å². The predicted molar refractivity (Wildman–Crippen MR) is 111 cm³/mol. The van der Waals surface area contributed by atoms with Gasteiger partial charge in [0, 0.05) is 12.3 Å². The van der Waals surface area contributed by atoms with Gasteiger partial charge in [-0.2, -0.15) is 5.26 Å². The van der Waals surface area contributed by atoms with Crippen LogP contribution in [0.25, 0.3) is 0 Å². The van der Waals surface area contributed by atoms with Gasteiger partial charge in [0.2, 0.25) is 0 Å². The number of ether oxygens (including phenoxy) is 2. The first kappa shape index (κ1) is 22.3. The molecule has 3 rings (SSSR count). The second-order valence-electron chi connectivity index (χ2n) is 8.31. The van der Waals surface area contributed by atoms with Crippen LogP contribution in [-0.4, -0.2) is 55.4 Å². The van der Waals surface area contributed by atoms with E-state index >= 15 is 0 Å². The number of amides is 1. The lowest BCUT2D eigenvalue weighted by Crippen LogP contribution is -3.14. The van der Waals surface area contributed by atoms with E-state index in [0.29, 0.717) is 31.1 Å². The molecule has 0 aromatic carbocycles. The van der Waals surface area contributed by atoms with Gasteiger partial charge in [-0.25, -0.2) is 0 Å². The normalized spacial score (nSPS) is 23.7. The highest BCUT2D eigenvalue weighted by molar-refractivity contribution is 5.92. The summed E-state index contributed by atoms with van der Waals surface area (Å²) in [6.07, 6.45) is 3.83. The first-order chi connectivity index (χ1) is 14.4. The second kappa shape index (κ2) is 10.1. The number of hydrogen-bond donors (Lipinski definition) is 2. The van der Waals surface area contributed by atoms with Crippen LogP contribution < -0.4 is 10.2 Å². The fourth-order valence-electron chi connectivity index (χ4n) is 4.53. The first-order valence-corrected chi connectivity index (χ1v) is 11.0. The molecule has 0 aliphatic carbocycles. The monoisotopic (exact) mass is 417 g/mol. The molecule has 2 saturated heterocycles. The van der Waals surface area contributed by atoms with Crippen LogP contribution in [0.2, 0.25) is 0 Å². The number of carbonyl (C=O) groups excluding carboxylic acids is 2. The molecule has 0 radical (unpaired) electrons. The summed E-state index contributed by atoms with van der Waals surface area (Å²) in [5, 5.41) is 12.7. The average Bonchev–Trinajstić information content (AvgIpc) is 3.31. The largest absolute Gasteiger partial charge is 0.466 e. The maximum atomic E-state index is 12.9. The zero-order valence-corrected chi connectivity index (χ0v) is 18.3. The summed E-state index contributed by atoms with van der Waals surface area (Å²) in [6.45, 7) is 9.18. The number of rotatable bonds is 7. The summed E-state index contributed by atoms with van der Waals surface area (Å²) < 4.78 is 12.9. The maximum absolute atomic E-state index is 12.9. The molecule has 1 amide bonds. The van der Waals surface area contributed by atoms with Crippen LogP contribution >= 0.6 is 0 Å². The van der Waals surface area contributed by atoms with Crippen molar-refractivity contribution in [3.05, 3.63) is 16.8 Å². The first-order valence-electron chi connectivity index (χ1n) is 11.0. The molecule has 3 heterocycles. The van der Waals surface area contributed by atoms with Gasteiger partial charge in [0.15, 0.2) is 6.54 Å². The number of aromatic nitrogens is 1. The zero-order chi connectivity index (χ0) is 21.7. The van der Waals surface area contributed by atoms with Gasteiger partial charge in [0.05, 0.1) is 37.9 Å². The molecule has 2 N–H and O–H groups in total. The van der Waals surface area contributed by atoms with Crippen molar-refractivity contribution in [3.63, 3.8) is 0 Å². The quantitative estimate of drug-likeness (QED) is 0.644. The van der Waals surface area contributed by atoms with Crippen LogP contribution in [0.4, 0.5) is 5.82 Å². The number of hydrogen-bond acceptors (Lipinski definition) is 5. The molecule has 1 aromatic rings. The molecular formula is C22H33N4O4+. The number of quaternary nitrogens is 1. The minimum atomic E-state index is -0.168. The van der Waals surface area contributed by atoms with Crippen LogP contribution in [0.1, 0.15) is 49.4 Å². The molecule has 8 heteroatoms. The molecule has 1 aromatic heterocycles. The standard InChI is InChI=1S/C22H32N4O4/c1-4-29-22(28)17-7-5-9-25(12-17)14-20(27)24-21-19(11-23)15(2)16(3)26(21)13-18-8-6-10-30-18/h17-18H,4-10,12-14H2,1-3H3,(H,24,27)/p+1/t17-,18+/m1/s1. The average molecular weight is 418 g/mol. The van der Waals surface area contributed by atoms with Crippen molar-refractivity contribution in [2.45, 2.75) is 59.1 Å². The third-order valence-corrected chi connectivity index (χ3v) is 6.26. The molecule has 0 bridgehead atoms. The molecule has 1 unspecified atom stereocenters. The molecule has 8 nitrogen and oxygen atoms in total. The third-order valence-electron chi connectivity index (χ3n) is 6.26. The van der Waals surface area contributed by atoms with E-state index in [-0.39, 0.29) is 30.4 Å².